The highest BCUT2D eigenvalue weighted by Gasteiger charge is 2.08. The van der Waals surface area contributed by atoms with Gasteiger partial charge < -0.3 is 10.6 Å². The molecule has 2 aromatic carbocycles. The van der Waals surface area contributed by atoms with Gasteiger partial charge in [-0.2, -0.15) is 0 Å². The zero-order valence-corrected chi connectivity index (χ0v) is 15.6. The van der Waals surface area contributed by atoms with Gasteiger partial charge in [0.25, 0.3) is 5.91 Å². The van der Waals surface area contributed by atoms with Crippen molar-refractivity contribution in [2.24, 2.45) is 0 Å². The second kappa shape index (κ2) is 8.48. The minimum absolute atomic E-state index is 0.245. The van der Waals surface area contributed by atoms with E-state index in [1.807, 2.05) is 36.4 Å². The minimum atomic E-state index is -0.269. The Morgan fingerprint density at radius 3 is 2.55 bits per heavy atom. The fraction of sp³-hybridized carbons (Fsp3) is 0.0870. The molecule has 2 heterocycles. The van der Waals surface area contributed by atoms with Crippen molar-refractivity contribution in [1.82, 2.24) is 15.3 Å². The average molecular weight is 386 g/mol. The van der Waals surface area contributed by atoms with Crippen molar-refractivity contribution in [2.45, 2.75) is 6.42 Å². The normalized spacial score (nSPS) is 10.7. The van der Waals surface area contributed by atoms with Gasteiger partial charge in [0.15, 0.2) is 0 Å². The first-order valence-electron chi connectivity index (χ1n) is 9.28. The molecule has 1 amide bonds. The zero-order chi connectivity index (χ0) is 20.1. The summed E-state index contributed by atoms with van der Waals surface area (Å²) in [5.74, 6) is -0.513. The van der Waals surface area contributed by atoms with Crippen LogP contribution >= 0.6 is 0 Å². The smallest absolute Gasteiger partial charge is 0.269 e. The first-order chi connectivity index (χ1) is 14.2. The van der Waals surface area contributed by atoms with Gasteiger partial charge >= 0.3 is 0 Å². The van der Waals surface area contributed by atoms with Gasteiger partial charge in [-0.25, -0.2) is 9.37 Å². The molecule has 0 radical (unpaired) electrons. The number of carbonyl (C=O) groups is 1. The number of nitrogens with one attached hydrogen (secondary N) is 2. The van der Waals surface area contributed by atoms with Crippen LogP contribution in [0.15, 0.2) is 79.1 Å². The molecular weight excluding hydrogens is 367 g/mol. The van der Waals surface area contributed by atoms with Crippen molar-refractivity contribution in [3.05, 3.63) is 96.2 Å². The number of para-hydroxylation sites is 1. The van der Waals surface area contributed by atoms with Gasteiger partial charge in [-0.15, -0.1) is 0 Å². The summed E-state index contributed by atoms with van der Waals surface area (Å²) in [5.41, 5.74) is 3.82. The lowest BCUT2D eigenvalue weighted by Crippen LogP contribution is -2.26. The SMILES string of the molecule is O=C(NCCc1ccc(F)cc1)c1ccc(Nc2cccc3cccnc23)cn1. The Kier molecular flexibility index (Phi) is 5.42. The van der Waals surface area contributed by atoms with Gasteiger partial charge in [-0.1, -0.05) is 30.3 Å². The molecule has 0 unspecified atom stereocenters. The fourth-order valence-electron chi connectivity index (χ4n) is 3.02. The van der Waals surface area contributed by atoms with Crippen LogP contribution in [-0.2, 0) is 6.42 Å². The van der Waals surface area contributed by atoms with E-state index in [-0.39, 0.29) is 11.7 Å². The summed E-state index contributed by atoms with van der Waals surface area (Å²) in [6.45, 7) is 0.452. The topological polar surface area (TPSA) is 66.9 Å². The van der Waals surface area contributed by atoms with Gasteiger partial charge in [0, 0.05) is 18.1 Å². The number of benzene rings is 2. The van der Waals surface area contributed by atoms with Gasteiger partial charge in [-0.05, 0) is 48.4 Å². The monoisotopic (exact) mass is 386 g/mol. The third-order valence-corrected chi connectivity index (χ3v) is 4.52. The molecule has 0 saturated heterocycles. The Morgan fingerprint density at radius 2 is 1.76 bits per heavy atom. The van der Waals surface area contributed by atoms with Crippen LogP contribution in [-0.4, -0.2) is 22.4 Å². The van der Waals surface area contributed by atoms with Crippen molar-refractivity contribution in [3.8, 4) is 0 Å². The quantitative estimate of drug-likeness (QED) is 0.513. The predicted molar refractivity (Wildman–Crippen MR) is 112 cm³/mol. The van der Waals surface area contributed by atoms with E-state index in [0.29, 0.717) is 18.7 Å². The van der Waals surface area contributed by atoms with Crippen LogP contribution in [0.2, 0.25) is 0 Å². The number of aromatic nitrogens is 2. The summed E-state index contributed by atoms with van der Waals surface area (Å²) in [7, 11) is 0. The predicted octanol–water partition coefficient (Wildman–Crippen LogP) is 4.49. The van der Waals surface area contributed by atoms with Crippen molar-refractivity contribution < 1.29 is 9.18 Å². The Balaban J connectivity index is 1.37. The molecule has 0 aliphatic heterocycles. The van der Waals surface area contributed by atoms with E-state index < -0.39 is 0 Å². The summed E-state index contributed by atoms with van der Waals surface area (Å²) >= 11 is 0. The van der Waals surface area contributed by atoms with Crippen LogP contribution in [0.25, 0.3) is 10.9 Å². The second-order valence-corrected chi connectivity index (χ2v) is 6.57. The lowest BCUT2D eigenvalue weighted by molar-refractivity contribution is 0.0949. The van der Waals surface area contributed by atoms with E-state index in [1.54, 1.807) is 30.6 Å². The molecule has 0 fully saturated rings. The average Bonchev–Trinajstić information content (AvgIpc) is 2.76. The molecule has 0 saturated carbocycles. The number of anilines is 2. The molecule has 5 nitrogen and oxygen atoms in total. The summed E-state index contributed by atoms with van der Waals surface area (Å²) < 4.78 is 12.9. The van der Waals surface area contributed by atoms with Crippen molar-refractivity contribution in [3.63, 3.8) is 0 Å². The molecule has 4 rings (SSSR count). The molecule has 0 bridgehead atoms. The van der Waals surface area contributed by atoms with E-state index in [2.05, 4.69) is 20.6 Å². The van der Waals surface area contributed by atoms with E-state index in [1.165, 1.54) is 12.1 Å². The number of fused-ring (bicyclic) bond motifs is 1. The molecule has 6 heteroatoms. The third kappa shape index (κ3) is 4.55. The Hall–Kier alpha value is -3.80. The van der Waals surface area contributed by atoms with Crippen molar-refractivity contribution in [2.75, 3.05) is 11.9 Å². The number of carbonyl (C=O) groups excluding carboxylic acids is 1. The second-order valence-electron chi connectivity index (χ2n) is 6.57. The number of rotatable bonds is 6. The van der Waals surface area contributed by atoms with E-state index >= 15 is 0 Å². The van der Waals surface area contributed by atoms with Gasteiger partial charge in [0.2, 0.25) is 0 Å². The first kappa shape index (κ1) is 18.6. The van der Waals surface area contributed by atoms with Crippen LogP contribution in [0.1, 0.15) is 16.1 Å². The lowest BCUT2D eigenvalue weighted by atomic mass is 10.1. The minimum Gasteiger partial charge on any atom is -0.352 e. The highest BCUT2D eigenvalue weighted by Crippen LogP contribution is 2.24. The van der Waals surface area contributed by atoms with Crippen molar-refractivity contribution in [1.29, 1.82) is 0 Å². The summed E-state index contributed by atoms with van der Waals surface area (Å²) in [6, 6.07) is 19.6. The van der Waals surface area contributed by atoms with Gasteiger partial charge in [-0.3, -0.25) is 9.78 Å². The first-order valence-corrected chi connectivity index (χ1v) is 9.28. The van der Waals surface area contributed by atoms with E-state index in [0.717, 1.165) is 27.8 Å². The van der Waals surface area contributed by atoms with E-state index in [4.69, 9.17) is 0 Å². The molecule has 2 N–H and O–H groups in total. The number of amides is 1. The van der Waals surface area contributed by atoms with Gasteiger partial charge in [0.05, 0.1) is 23.1 Å². The standard InChI is InChI=1S/C23H19FN4O/c24-18-8-6-16(7-9-18)12-14-26-23(29)21-11-10-19(15-27-21)28-20-5-1-3-17-4-2-13-25-22(17)20/h1-11,13,15,28H,12,14H2,(H,26,29). The molecule has 0 aliphatic carbocycles. The highest BCUT2D eigenvalue weighted by atomic mass is 19.1. The molecule has 0 atom stereocenters. The maximum atomic E-state index is 12.9. The lowest BCUT2D eigenvalue weighted by Gasteiger charge is -2.09. The summed E-state index contributed by atoms with van der Waals surface area (Å²) in [6.07, 6.45) is 4.00. The van der Waals surface area contributed by atoms with Crippen LogP contribution in [0, 0.1) is 5.82 Å². The largest absolute Gasteiger partial charge is 0.352 e. The summed E-state index contributed by atoms with van der Waals surface area (Å²) in [4.78, 5) is 20.9. The number of pyridine rings is 2. The Labute approximate surface area is 167 Å². The van der Waals surface area contributed by atoms with Crippen LogP contribution < -0.4 is 10.6 Å². The number of hydrogen-bond donors (Lipinski definition) is 2. The molecule has 144 valence electrons. The zero-order valence-electron chi connectivity index (χ0n) is 15.6. The van der Waals surface area contributed by atoms with Crippen molar-refractivity contribution >= 4 is 28.2 Å². The molecule has 0 aliphatic rings. The van der Waals surface area contributed by atoms with Gasteiger partial charge in [0.1, 0.15) is 11.5 Å². The summed E-state index contributed by atoms with van der Waals surface area (Å²) in [5, 5.41) is 7.17. The molecule has 4 aromatic rings. The van der Waals surface area contributed by atoms with Crippen LogP contribution in [0.3, 0.4) is 0 Å². The van der Waals surface area contributed by atoms with E-state index in [9.17, 15) is 9.18 Å². The number of hydrogen-bond acceptors (Lipinski definition) is 4. The highest BCUT2D eigenvalue weighted by molar-refractivity contribution is 5.93. The molecule has 2 aromatic heterocycles. The fourth-order valence-corrected chi connectivity index (χ4v) is 3.02. The number of nitrogens with zero attached hydrogens (tertiary/aromatic N) is 2. The van der Waals surface area contributed by atoms with Crippen LogP contribution in [0.5, 0.6) is 0 Å². The Morgan fingerprint density at radius 1 is 0.931 bits per heavy atom. The Bertz CT molecular complexity index is 1120. The maximum Gasteiger partial charge on any atom is 0.269 e. The number of halogens is 1. The maximum absolute atomic E-state index is 12.9. The third-order valence-electron chi connectivity index (χ3n) is 4.52. The molecule has 29 heavy (non-hydrogen) atoms. The van der Waals surface area contributed by atoms with Crippen LogP contribution in [0.4, 0.5) is 15.8 Å². The molecular formula is C23H19FN4O. The molecule has 0 spiro atoms.